The minimum atomic E-state index is 0.357. The molecule has 0 N–H and O–H groups in total. The lowest BCUT2D eigenvalue weighted by molar-refractivity contribution is 0.255. The highest BCUT2D eigenvalue weighted by molar-refractivity contribution is 5.40. The Morgan fingerprint density at radius 2 is 1.95 bits per heavy atom. The normalized spacial score (nSPS) is 16.2. The molecule has 0 saturated carbocycles. The first-order valence-electron chi connectivity index (χ1n) is 7.80. The minimum Gasteiger partial charge on any atom is -0.354 e. The van der Waals surface area contributed by atoms with Crippen LogP contribution in [0.3, 0.4) is 0 Å². The van der Waals surface area contributed by atoms with E-state index in [4.69, 9.17) is 10.2 Å². The average Bonchev–Trinajstić information content (AvgIpc) is 2.47. The minimum absolute atomic E-state index is 0.357. The Kier molecular flexibility index (Phi) is 5.51. The highest BCUT2D eigenvalue weighted by atomic mass is 15.3. The van der Waals surface area contributed by atoms with Crippen LogP contribution in [-0.2, 0) is 0 Å². The van der Waals surface area contributed by atoms with Crippen molar-refractivity contribution >= 4 is 5.82 Å². The van der Waals surface area contributed by atoms with Crippen molar-refractivity contribution in [2.45, 2.75) is 39.5 Å². The maximum absolute atomic E-state index is 8.59. The van der Waals surface area contributed by atoms with Gasteiger partial charge in [-0.25, -0.2) is 9.97 Å². The molecule has 5 heteroatoms. The maximum Gasteiger partial charge on any atom is 0.133 e. The number of piperazine rings is 1. The highest BCUT2D eigenvalue weighted by Crippen LogP contribution is 2.18. The van der Waals surface area contributed by atoms with E-state index in [0.29, 0.717) is 12.3 Å². The van der Waals surface area contributed by atoms with Crippen molar-refractivity contribution in [3.63, 3.8) is 0 Å². The van der Waals surface area contributed by atoms with Crippen molar-refractivity contribution in [2.75, 3.05) is 37.6 Å². The lowest BCUT2D eigenvalue weighted by Gasteiger charge is -2.35. The van der Waals surface area contributed by atoms with E-state index in [1.807, 2.05) is 6.92 Å². The Hall–Kier alpha value is -1.67. The number of aromatic nitrogens is 2. The van der Waals surface area contributed by atoms with Crippen molar-refractivity contribution < 1.29 is 0 Å². The van der Waals surface area contributed by atoms with Gasteiger partial charge in [-0.1, -0.05) is 13.8 Å². The lowest BCUT2D eigenvalue weighted by Crippen LogP contribution is -2.47. The monoisotopic (exact) mass is 287 g/mol. The lowest BCUT2D eigenvalue weighted by atomic mass is 10.2. The van der Waals surface area contributed by atoms with Crippen LogP contribution in [0, 0.1) is 18.3 Å². The molecule has 2 rings (SSSR count). The van der Waals surface area contributed by atoms with Crippen LogP contribution in [0.2, 0.25) is 0 Å². The molecule has 21 heavy (non-hydrogen) atoms. The summed E-state index contributed by atoms with van der Waals surface area (Å²) in [6, 6.07) is 4.29. The van der Waals surface area contributed by atoms with E-state index in [0.717, 1.165) is 56.5 Å². The predicted molar refractivity (Wildman–Crippen MR) is 84.4 cm³/mol. The molecule has 0 aliphatic carbocycles. The number of hydrogen-bond donors (Lipinski definition) is 0. The van der Waals surface area contributed by atoms with Crippen LogP contribution in [0.25, 0.3) is 0 Å². The highest BCUT2D eigenvalue weighted by Gasteiger charge is 2.19. The van der Waals surface area contributed by atoms with Crippen LogP contribution < -0.4 is 4.90 Å². The summed E-state index contributed by atoms with van der Waals surface area (Å²) >= 11 is 0. The Morgan fingerprint density at radius 3 is 2.57 bits per heavy atom. The molecule has 114 valence electrons. The molecule has 0 spiro atoms. The number of nitriles is 1. The second-order valence-corrected chi connectivity index (χ2v) is 5.97. The van der Waals surface area contributed by atoms with E-state index in [2.05, 4.69) is 40.8 Å². The van der Waals surface area contributed by atoms with E-state index in [1.165, 1.54) is 0 Å². The largest absolute Gasteiger partial charge is 0.354 e. The van der Waals surface area contributed by atoms with Crippen LogP contribution in [-0.4, -0.2) is 47.6 Å². The summed E-state index contributed by atoms with van der Waals surface area (Å²) in [5.74, 6) is 2.35. The quantitative estimate of drug-likeness (QED) is 0.778. The Balaban J connectivity index is 1.94. The summed E-state index contributed by atoms with van der Waals surface area (Å²) in [5.41, 5.74) is 1.04. The van der Waals surface area contributed by atoms with Crippen LogP contribution in [0.1, 0.15) is 44.1 Å². The third-order valence-corrected chi connectivity index (χ3v) is 3.83. The summed E-state index contributed by atoms with van der Waals surface area (Å²) in [4.78, 5) is 14.0. The van der Waals surface area contributed by atoms with Gasteiger partial charge in [-0.3, -0.25) is 4.90 Å². The van der Waals surface area contributed by atoms with E-state index in [1.54, 1.807) is 0 Å². The molecule has 5 nitrogen and oxygen atoms in total. The fourth-order valence-corrected chi connectivity index (χ4v) is 2.58. The van der Waals surface area contributed by atoms with Gasteiger partial charge >= 0.3 is 0 Å². The summed E-state index contributed by atoms with van der Waals surface area (Å²) in [5, 5.41) is 8.59. The molecule has 1 aromatic rings. The number of nitrogens with zero attached hydrogens (tertiary/aromatic N) is 5. The Morgan fingerprint density at radius 1 is 1.24 bits per heavy atom. The summed E-state index contributed by atoms with van der Waals surface area (Å²) in [6.07, 6.45) is 1.63. The standard InChI is InChI=1S/C16H25N5/c1-13(2)16-18-14(3)12-15(19-16)21-10-8-20(9-11-21)7-5-4-6-17/h12-13H,4-5,7-11H2,1-3H3. The molecule has 0 unspecified atom stereocenters. The Bertz CT molecular complexity index is 498. The number of hydrogen-bond acceptors (Lipinski definition) is 5. The van der Waals surface area contributed by atoms with E-state index in [-0.39, 0.29) is 0 Å². The van der Waals surface area contributed by atoms with E-state index < -0.39 is 0 Å². The van der Waals surface area contributed by atoms with Gasteiger partial charge < -0.3 is 4.90 Å². The van der Waals surface area contributed by atoms with Gasteiger partial charge in [0.1, 0.15) is 11.6 Å². The topological polar surface area (TPSA) is 56.0 Å². The second-order valence-electron chi connectivity index (χ2n) is 5.97. The van der Waals surface area contributed by atoms with Gasteiger partial charge in [0.2, 0.25) is 0 Å². The van der Waals surface area contributed by atoms with Crippen molar-refractivity contribution in [2.24, 2.45) is 0 Å². The van der Waals surface area contributed by atoms with Crippen molar-refractivity contribution in [1.29, 1.82) is 5.26 Å². The first-order valence-corrected chi connectivity index (χ1v) is 7.80. The summed E-state index contributed by atoms with van der Waals surface area (Å²) in [6.45, 7) is 11.4. The van der Waals surface area contributed by atoms with Gasteiger partial charge in [-0.2, -0.15) is 5.26 Å². The van der Waals surface area contributed by atoms with Gasteiger partial charge in [-0.15, -0.1) is 0 Å². The van der Waals surface area contributed by atoms with Gasteiger partial charge in [0.25, 0.3) is 0 Å². The number of unbranched alkanes of at least 4 members (excludes halogenated alkanes) is 1. The molecule has 0 bridgehead atoms. The molecular weight excluding hydrogens is 262 g/mol. The number of rotatable bonds is 5. The molecule has 1 aliphatic rings. The van der Waals surface area contributed by atoms with Crippen LogP contribution >= 0.6 is 0 Å². The van der Waals surface area contributed by atoms with Crippen LogP contribution in [0.5, 0.6) is 0 Å². The molecule has 0 radical (unpaired) electrons. The molecule has 1 saturated heterocycles. The van der Waals surface area contributed by atoms with Crippen molar-refractivity contribution in [3.8, 4) is 6.07 Å². The van der Waals surface area contributed by atoms with E-state index >= 15 is 0 Å². The van der Waals surface area contributed by atoms with Crippen molar-refractivity contribution in [1.82, 2.24) is 14.9 Å². The molecular formula is C16H25N5. The molecule has 1 fully saturated rings. The molecule has 1 aromatic heterocycles. The zero-order valence-electron chi connectivity index (χ0n) is 13.3. The maximum atomic E-state index is 8.59. The van der Waals surface area contributed by atoms with Crippen molar-refractivity contribution in [3.05, 3.63) is 17.6 Å². The number of aryl methyl sites for hydroxylation is 1. The average molecular weight is 287 g/mol. The number of anilines is 1. The van der Waals surface area contributed by atoms with Gasteiger partial charge in [0, 0.05) is 50.3 Å². The Labute approximate surface area is 127 Å². The third-order valence-electron chi connectivity index (χ3n) is 3.83. The van der Waals surface area contributed by atoms with Gasteiger partial charge in [0.05, 0.1) is 6.07 Å². The SMILES string of the molecule is Cc1cc(N2CCN(CCCC#N)CC2)nc(C(C)C)n1. The fraction of sp³-hybridized carbons (Fsp3) is 0.688. The van der Waals surface area contributed by atoms with Crippen LogP contribution in [0.4, 0.5) is 5.82 Å². The van der Waals surface area contributed by atoms with Gasteiger partial charge in [0.15, 0.2) is 0 Å². The smallest absolute Gasteiger partial charge is 0.133 e. The molecule has 0 atom stereocenters. The third kappa shape index (κ3) is 4.40. The molecule has 0 aromatic carbocycles. The second kappa shape index (κ2) is 7.37. The van der Waals surface area contributed by atoms with Gasteiger partial charge in [-0.05, 0) is 19.9 Å². The first kappa shape index (κ1) is 15.7. The van der Waals surface area contributed by atoms with Crippen LogP contribution in [0.15, 0.2) is 6.07 Å². The molecule has 2 heterocycles. The zero-order valence-corrected chi connectivity index (χ0v) is 13.3. The first-order chi connectivity index (χ1) is 10.1. The zero-order chi connectivity index (χ0) is 15.2. The molecule has 0 amide bonds. The summed E-state index contributed by atoms with van der Waals surface area (Å²) in [7, 11) is 0. The molecule has 1 aliphatic heterocycles. The summed E-state index contributed by atoms with van der Waals surface area (Å²) < 4.78 is 0. The van der Waals surface area contributed by atoms with E-state index in [9.17, 15) is 0 Å². The fourth-order valence-electron chi connectivity index (χ4n) is 2.58. The predicted octanol–water partition coefficient (Wildman–Crippen LogP) is 2.33.